The fourth-order valence-electron chi connectivity index (χ4n) is 2.40. The topological polar surface area (TPSA) is 46.2 Å². The summed E-state index contributed by atoms with van der Waals surface area (Å²) in [6, 6.07) is -1.24. The third-order valence-electron chi connectivity index (χ3n) is 3.88. The molecular formula is C12H16F9NO2S. The SMILES string of the molecule is O=S(=O)(NC1CCCCCCC1)C(F)(F)C(F)(F)C(F)(F)C(F)(F)F. The van der Waals surface area contributed by atoms with E-state index in [1.807, 2.05) is 0 Å². The van der Waals surface area contributed by atoms with Crippen molar-refractivity contribution >= 4 is 10.0 Å². The summed E-state index contributed by atoms with van der Waals surface area (Å²) < 4.78 is 139. The van der Waals surface area contributed by atoms with Crippen LogP contribution < -0.4 is 4.72 Å². The molecule has 1 aliphatic carbocycles. The van der Waals surface area contributed by atoms with Gasteiger partial charge in [-0.1, -0.05) is 32.1 Å². The second kappa shape index (κ2) is 7.12. The maximum absolute atomic E-state index is 13.6. The summed E-state index contributed by atoms with van der Waals surface area (Å²) in [4.78, 5) is 0. The van der Waals surface area contributed by atoms with Gasteiger partial charge in [-0.05, 0) is 12.8 Å². The van der Waals surface area contributed by atoms with E-state index in [1.54, 1.807) is 0 Å². The van der Waals surface area contributed by atoms with E-state index in [4.69, 9.17) is 0 Å². The second-order valence-electron chi connectivity index (χ2n) is 5.83. The Balaban J connectivity index is 3.12. The number of halogens is 9. The number of rotatable bonds is 5. The van der Waals surface area contributed by atoms with Crippen LogP contribution in [0.5, 0.6) is 0 Å². The van der Waals surface area contributed by atoms with E-state index in [2.05, 4.69) is 0 Å². The summed E-state index contributed by atoms with van der Waals surface area (Å²) in [5.41, 5.74) is 0. The average Bonchev–Trinajstić information content (AvgIpc) is 2.39. The lowest BCUT2D eigenvalue weighted by Gasteiger charge is -2.34. The summed E-state index contributed by atoms with van der Waals surface area (Å²) in [5.74, 6) is -14.4. The van der Waals surface area contributed by atoms with E-state index in [9.17, 15) is 47.9 Å². The monoisotopic (exact) mass is 409 g/mol. The Labute approximate surface area is 138 Å². The number of hydrogen-bond donors (Lipinski definition) is 1. The Kier molecular flexibility index (Phi) is 6.36. The first-order valence-electron chi connectivity index (χ1n) is 7.30. The Hall–Kier alpha value is -0.720. The number of sulfonamides is 1. The van der Waals surface area contributed by atoms with Gasteiger partial charge in [-0.3, -0.25) is 0 Å². The van der Waals surface area contributed by atoms with Crippen LogP contribution >= 0.6 is 0 Å². The van der Waals surface area contributed by atoms with E-state index in [0.29, 0.717) is 25.7 Å². The van der Waals surface area contributed by atoms with Crippen LogP contribution in [0.4, 0.5) is 39.5 Å². The molecule has 0 radical (unpaired) electrons. The van der Waals surface area contributed by atoms with Crippen LogP contribution in [0.25, 0.3) is 0 Å². The first-order valence-corrected chi connectivity index (χ1v) is 8.78. The van der Waals surface area contributed by atoms with Gasteiger partial charge in [0.25, 0.3) is 10.0 Å². The van der Waals surface area contributed by atoms with Crippen molar-refractivity contribution < 1.29 is 47.9 Å². The van der Waals surface area contributed by atoms with Crippen LogP contribution in [0.3, 0.4) is 0 Å². The fourth-order valence-corrected chi connectivity index (χ4v) is 3.69. The van der Waals surface area contributed by atoms with E-state index >= 15 is 0 Å². The lowest BCUT2D eigenvalue weighted by atomic mass is 9.97. The molecule has 1 fully saturated rings. The highest BCUT2D eigenvalue weighted by atomic mass is 32.2. The highest BCUT2D eigenvalue weighted by Crippen LogP contribution is 2.54. The summed E-state index contributed by atoms with van der Waals surface area (Å²) in [6.07, 6.45) is -4.32. The molecule has 1 N–H and O–H groups in total. The second-order valence-corrected chi connectivity index (χ2v) is 7.58. The van der Waals surface area contributed by atoms with Gasteiger partial charge in [-0.25, -0.2) is 13.1 Å². The molecule has 0 saturated heterocycles. The molecule has 13 heteroatoms. The van der Waals surface area contributed by atoms with Gasteiger partial charge in [-0.2, -0.15) is 39.5 Å². The molecule has 0 aromatic heterocycles. The number of nitrogens with one attached hydrogen (secondary N) is 1. The highest BCUT2D eigenvalue weighted by Gasteiger charge is 2.85. The zero-order chi connectivity index (χ0) is 19.7. The molecule has 0 amide bonds. The van der Waals surface area contributed by atoms with E-state index in [0.717, 1.165) is 6.42 Å². The zero-order valence-electron chi connectivity index (χ0n) is 12.7. The van der Waals surface area contributed by atoms with E-state index in [1.165, 1.54) is 4.72 Å². The summed E-state index contributed by atoms with van der Waals surface area (Å²) >= 11 is 0. The standard InChI is InChI=1S/C12H16F9NO2S/c13-9(14,11(17,18)19)10(15,16)12(20,21)25(23,24)22-8-6-4-2-1-3-5-7-8/h8,22H,1-7H2. The van der Waals surface area contributed by atoms with Crippen molar-refractivity contribution in [2.24, 2.45) is 0 Å². The van der Waals surface area contributed by atoms with Crippen LogP contribution in [-0.2, 0) is 10.0 Å². The van der Waals surface area contributed by atoms with Crippen LogP contribution in [-0.4, -0.2) is 37.7 Å². The van der Waals surface area contributed by atoms with Gasteiger partial charge < -0.3 is 0 Å². The van der Waals surface area contributed by atoms with Crippen molar-refractivity contribution in [3.8, 4) is 0 Å². The Morgan fingerprint density at radius 2 is 1.08 bits per heavy atom. The number of alkyl halides is 9. The fraction of sp³-hybridized carbons (Fsp3) is 1.00. The molecule has 0 heterocycles. The minimum absolute atomic E-state index is 0.0173. The van der Waals surface area contributed by atoms with Crippen LogP contribution in [0.1, 0.15) is 44.9 Å². The Morgan fingerprint density at radius 1 is 0.680 bits per heavy atom. The van der Waals surface area contributed by atoms with Crippen molar-refractivity contribution in [1.82, 2.24) is 4.72 Å². The van der Waals surface area contributed by atoms with Crippen molar-refractivity contribution in [3.05, 3.63) is 0 Å². The third-order valence-corrected chi connectivity index (χ3v) is 5.46. The minimum Gasteiger partial charge on any atom is -0.207 e. The van der Waals surface area contributed by atoms with Gasteiger partial charge in [0.2, 0.25) is 0 Å². The van der Waals surface area contributed by atoms with Crippen molar-refractivity contribution in [3.63, 3.8) is 0 Å². The molecule has 0 atom stereocenters. The predicted octanol–water partition coefficient (Wildman–Crippen LogP) is 4.44. The van der Waals surface area contributed by atoms with E-state index < -0.39 is 39.3 Å². The predicted molar refractivity (Wildman–Crippen MR) is 69.1 cm³/mol. The van der Waals surface area contributed by atoms with Gasteiger partial charge in [0.05, 0.1) is 0 Å². The molecule has 1 aliphatic rings. The minimum atomic E-state index is -7.24. The summed E-state index contributed by atoms with van der Waals surface area (Å²) in [6.45, 7) is 0. The normalized spacial score (nSPS) is 20.2. The maximum atomic E-state index is 13.6. The van der Waals surface area contributed by atoms with Crippen LogP contribution in [0, 0.1) is 0 Å². The molecular weight excluding hydrogens is 393 g/mol. The Bertz CT molecular complexity index is 551. The largest absolute Gasteiger partial charge is 0.460 e. The van der Waals surface area contributed by atoms with Crippen molar-refractivity contribution in [2.75, 3.05) is 0 Å². The van der Waals surface area contributed by atoms with Crippen molar-refractivity contribution in [2.45, 2.75) is 74.3 Å². The van der Waals surface area contributed by atoms with Crippen LogP contribution in [0.15, 0.2) is 0 Å². The summed E-state index contributed by atoms with van der Waals surface area (Å²) in [5, 5.41) is -6.67. The lowest BCUT2D eigenvalue weighted by molar-refractivity contribution is -0.382. The molecule has 0 aromatic carbocycles. The van der Waals surface area contributed by atoms with E-state index in [-0.39, 0.29) is 12.8 Å². The maximum Gasteiger partial charge on any atom is 0.460 e. The molecule has 150 valence electrons. The quantitative estimate of drug-likeness (QED) is 0.683. The number of hydrogen-bond acceptors (Lipinski definition) is 2. The van der Waals surface area contributed by atoms with Crippen molar-refractivity contribution in [1.29, 1.82) is 0 Å². The van der Waals surface area contributed by atoms with Gasteiger partial charge in [0.1, 0.15) is 0 Å². The third kappa shape index (κ3) is 4.17. The van der Waals surface area contributed by atoms with Gasteiger partial charge >= 0.3 is 23.3 Å². The molecule has 0 aliphatic heterocycles. The molecule has 1 saturated carbocycles. The summed E-state index contributed by atoms with van der Waals surface area (Å²) in [7, 11) is -6.50. The first-order chi connectivity index (χ1) is 11.1. The van der Waals surface area contributed by atoms with Crippen LogP contribution in [0.2, 0.25) is 0 Å². The lowest BCUT2D eigenvalue weighted by Crippen LogP contribution is -2.65. The average molecular weight is 409 g/mol. The highest BCUT2D eigenvalue weighted by molar-refractivity contribution is 7.90. The zero-order valence-corrected chi connectivity index (χ0v) is 13.5. The van der Waals surface area contributed by atoms with Gasteiger partial charge in [0, 0.05) is 6.04 Å². The molecule has 3 nitrogen and oxygen atoms in total. The molecule has 0 unspecified atom stereocenters. The molecule has 0 spiro atoms. The van der Waals surface area contributed by atoms with Gasteiger partial charge in [0.15, 0.2) is 0 Å². The smallest absolute Gasteiger partial charge is 0.207 e. The molecule has 1 rings (SSSR count). The van der Waals surface area contributed by atoms with Gasteiger partial charge in [-0.15, -0.1) is 0 Å². The first kappa shape index (κ1) is 22.3. The molecule has 0 aromatic rings. The molecule has 0 bridgehead atoms. The Morgan fingerprint density at radius 3 is 1.48 bits per heavy atom. The molecule has 25 heavy (non-hydrogen) atoms.